The maximum absolute atomic E-state index is 5.45. The van der Waals surface area contributed by atoms with Gasteiger partial charge in [0.05, 0.1) is 7.11 Å². The van der Waals surface area contributed by atoms with Gasteiger partial charge in [-0.25, -0.2) is 0 Å². The molecule has 3 atom stereocenters. The van der Waals surface area contributed by atoms with Crippen molar-refractivity contribution in [3.63, 3.8) is 0 Å². The van der Waals surface area contributed by atoms with Gasteiger partial charge in [0.2, 0.25) is 0 Å². The second kappa shape index (κ2) is 5.40. The Labute approximate surface area is 122 Å². The van der Waals surface area contributed by atoms with Gasteiger partial charge in [-0.3, -0.25) is 0 Å². The number of rotatable bonds is 5. The summed E-state index contributed by atoms with van der Waals surface area (Å²) in [5.41, 5.74) is 4.09. The maximum atomic E-state index is 5.45. The number of hydrogen-bond acceptors (Lipinski definition) is 2. The molecule has 1 N–H and O–H groups in total. The van der Waals surface area contributed by atoms with Crippen molar-refractivity contribution in [2.75, 3.05) is 13.7 Å². The van der Waals surface area contributed by atoms with Crippen LogP contribution in [0.3, 0.4) is 0 Å². The van der Waals surface area contributed by atoms with E-state index in [4.69, 9.17) is 4.74 Å². The van der Waals surface area contributed by atoms with E-state index in [-0.39, 0.29) is 0 Å². The zero-order valence-electron chi connectivity index (χ0n) is 13.2. The van der Waals surface area contributed by atoms with Crippen molar-refractivity contribution in [2.45, 2.75) is 46.1 Å². The van der Waals surface area contributed by atoms with E-state index in [2.05, 4.69) is 38.2 Å². The summed E-state index contributed by atoms with van der Waals surface area (Å²) in [6.45, 7) is 7.63. The summed E-state index contributed by atoms with van der Waals surface area (Å²) >= 11 is 0. The van der Waals surface area contributed by atoms with Gasteiger partial charge in [0.25, 0.3) is 0 Å². The van der Waals surface area contributed by atoms with Crippen molar-refractivity contribution >= 4 is 0 Å². The van der Waals surface area contributed by atoms with Crippen LogP contribution in [0.1, 0.15) is 48.9 Å². The van der Waals surface area contributed by atoms with Crippen molar-refractivity contribution < 1.29 is 4.74 Å². The molecule has 0 amide bonds. The topological polar surface area (TPSA) is 21.3 Å². The fraction of sp³-hybridized carbons (Fsp3) is 0.667. The third-order valence-corrected chi connectivity index (χ3v) is 5.29. The molecule has 0 spiro atoms. The average Bonchev–Trinajstić information content (AvgIpc) is 3.05. The quantitative estimate of drug-likeness (QED) is 0.875. The molecule has 0 aliphatic heterocycles. The van der Waals surface area contributed by atoms with Crippen LogP contribution in [0.2, 0.25) is 0 Å². The maximum Gasteiger partial charge on any atom is 0.122 e. The molecule has 1 aromatic rings. The summed E-state index contributed by atoms with van der Waals surface area (Å²) in [7, 11) is 1.76. The van der Waals surface area contributed by atoms with E-state index >= 15 is 0 Å². The van der Waals surface area contributed by atoms with Crippen LogP contribution in [0.15, 0.2) is 12.1 Å². The van der Waals surface area contributed by atoms with E-state index in [1.807, 2.05) is 0 Å². The highest BCUT2D eigenvalue weighted by atomic mass is 16.5. The third kappa shape index (κ3) is 2.46. The van der Waals surface area contributed by atoms with Crippen LogP contribution in [-0.2, 0) is 0 Å². The highest BCUT2D eigenvalue weighted by molar-refractivity contribution is 5.43. The van der Waals surface area contributed by atoms with Gasteiger partial charge in [-0.1, -0.05) is 13.0 Å². The van der Waals surface area contributed by atoms with Gasteiger partial charge in [0.15, 0.2) is 0 Å². The standard InChI is InChI=1S/C18H27NO/c1-5-19-18(15-9-13-8-14(13)10-15)16-6-12(3)17(20-4)7-11(16)2/h6-7,13-15,18-19H,5,8-10H2,1-4H3. The van der Waals surface area contributed by atoms with Gasteiger partial charge in [-0.15, -0.1) is 0 Å². The van der Waals surface area contributed by atoms with E-state index in [9.17, 15) is 0 Å². The zero-order chi connectivity index (χ0) is 14.3. The Balaban J connectivity index is 1.88. The van der Waals surface area contributed by atoms with E-state index in [0.717, 1.165) is 30.0 Å². The van der Waals surface area contributed by atoms with Crippen molar-refractivity contribution in [3.05, 3.63) is 28.8 Å². The molecule has 2 fully saturated rings. The number of aryl methyl sites for hydroxylation is 2. The van der Waals surface area contributed by atoms with Crippen molar-refractivity contribution in [1.82, 2.24) is 5.32 Å². The first kappa shape index (κ1) is 13.9. The van der Waals surface area contributed by atoms with Gasteiger partial charge in [-0.05, 0) is 80.2 Å². The molecule has 3 rings (SSSR count). The molecule has 0 aromatic heterocycles. The monoisotopic (exact) mass is 273 g/mol. The van der Waals surface area contributed by atoms with Crippen LogP contribution in [0.4, 0.5) is 0 Å². The van der Waals surface area contributed by atoms with Crippen LogP contribution in [0, 0.1) is 31.6 Å². The summed E-state index contributed by atoms with van der Waals surface area (Å²) in [5.74, 6) is 3.92. The highest BCUT2D eigenvalue weighted by Gasteiger charge is 2.48. The number of methoxy groups -OCH3 is 1. The van der Waals surface area contributed by atoms with Crippen LogP contribution < -0.4 is 10.1 Å². The first-order chi connectivity index (χ1) is 9.63. The Bertz CT molecular complexity index is 486. The van der Waals surface area contributed by atoms with E-state index in [1.54, 1.807) is 7.11 Å². The predicted molar refractivity (Wildman–Crippen MR) is 83.2 cm³/mol. The van der Waals surface area contributed by atoms with E-state index in [1.165, 1.54) is 36.0 Å². The lowest BCUT2D eigenvalue weighted by Crippen LogP contribution is -2.28. The van der Waals surface area contributed by atoms with Gasteiger partial charge in [-0.2, -0.15) is 0 Å². The Kier molecular flexibility index (Phi) is 3.76. The van der Waals surface area contributed by atoms with Gasteiger partial charge in [0, 0.05) is 6.04 Å². The first-order valence-corrected chi connectivity index (χ1v) is 8.02. The Morgan fingerprint density at radius 1 is 1.15 bits per heavy atom. The largest absolute Gasteiger partial charge is 0.496 e. The Hall–Kier alpha value is -1.02. The van der Waals surface area contributed by atoms with Crippen LogP contribution in [0.5, 0.6) is 5.75 Å². The lowest BCUT2D eigenvalue weighted by Gasteiger charge is -2.28. The van der Waals surface area contributed by atoms with Crippen LogP contribution >= 0.6 is 0 Å². The second-order valence-corrected chi connectivity index (χ2v) is 6.70. The minimum absolute atomic E-state index is 0.525. The summed E-state index contributed by atoms with van der Waals surface area (Å²) in [6.07, 6.45) is 4.34. The second-order valence-electron chi connectivity index (χ2n) is 6.70. The number of benzene rings is 1. The van der Waals surface area contributed by atoms with Crippen molar-refractivity contribution in [2.24, 2.45) is 17.8 Å². The van der Waals surface area contributed by atoms with Crippen LogP contribution in [-0.4, -0.2) is 13.7 Å². The lowest BCUT2D eigenvalue weighted by atomic mass is 9.86. The molecule has 0 radical (unpaired) electrons. The molecule has 2 nitrogen and oxygen atoms in total. The Morgan fingerprint density at radius 3 is 2.45 bits per heavy atom. The molecule has 0 saturated heterocycles. The molecule has 2 heteroatoms. The highest BCUT2D eigenvalue weighted by Crippen LogP contribution is 2.57. The zero-order valence-corrected chi connectivity index (χ0v) is 13.2. The summed E-state index contributed by atoms with van der Waals surface area (Å²) in [6, 6.07) is 5.06. The van der Waals surface area contributed by atoms with Crippen molar-refractivity contribution in [3.8, 4) is 5.75 Å². The molecule has 20 heavy (non-hydrogen) atoms. The minimum atomic E-state index is 0.525. The summed E-state index contributed by atoms with van der Waals surface area (Å²) in [5, 5.41) is 3.75. The fourth-order valence-corrected chi connectivity index (χ4v) is 4.15. The van der Waals surface area contributed by atoms with Gasteiger partial charge < -0.3 is 10.1 Å². The molecule has 2 saturated carbocycles. The normalized spacial score (nSPS) is 29.1. The van der Waals surface area contributed by atoms with Gasteiger partial charge in [0.1, 0.15) is 5.75 Å². The molecule has 2 aliphatic rings. The summed E-state index contributed by atoms with van der Waals surface area (Å²) in [4.78, 5) is 0. The number of hydrogen-bond donors (Lipinski definition) is 1. The molecule has 0 bridgehead atoms. The van der Waals surface area contributed by atoms with E-state index in [0.29, 0.717) is 6.04 Å². The van der Waals surface area contributed by atoms with Crippen molar-refractivity contribution in [1.29, 1.82) is 0 Å². The number of fused-ring (bicyclic) bond motifs is 1. The predicted octanol–water partition coefficient (Wildman–Crippen LogP) is 4.01. The number of ether oxygens (including phenoxy) is 1. The average molecular weight is 273 g/mol. The third-order valence-electron chi connectivity index (χ3n) is 5.29. The molecular weight excluding hydrogens is 246 g/mol. The minimum Gasteiger partial charge on any atom is -0.496 e. The van der Waals surface area contributed by atoms with E-state index < -0.39 is 0 Å². The molecule has 1 aromatic carbocycles. The molecule has 110 valence electrons. The van der Waals surface area contributed by atoms with Crippen LogP contribution in [0.25, 0.3) is 0 Å². The lowest BCUT2D eigenvalue weighted by molar-refractivity contribution is 0.345. The smallest absolute Gasteiger partial charge is 0.122 e. The number of nitrogens with one attached hydrogen (secondary N) is 1. The fourth-order valence-electron chi connectivity index (χ4n) is 4.15. The molecule has 2 aliphatic carbocycles. The summed E-state index contributed by atoms with van der Waals surface area (Å²) < 4.78 is 5.45. The molecule has 0 heterocycles. The SMILES string of the molecule is CCNC(c1cc(C)c(OC)cc1C)C1CC2CC2C1. The molecular formula is C18H27NO. The first-order valence-electron chi connectivity index (χ1n) is 8.02. The molecule has 3 unspecified atom stereocenters. The Morgan fingerprint density at radius 2 is 1.85 bits per heavy atom. The van der Waals surface area contributed by atoms with Gasteiger partial charge >= 0.3 is 0 Å².